The number of anilines is 1. The number of benzene rings is 1. The number of hydrogen-bond acceptors (Lipinski definition) is 5. The van der Waals surface area contributed by atoms with Gasteiger partial charge >= 0.3 is 0 Å². The standard InChI is InChI=1S/C24H29ClN4O2S/c1-4-28(5-2)13-20-27-23-22(16-9-6-7-12-19(16)32-23)24(31)29(20)14-21(30)26-18-11-8-10-17(25)15(18)3/h8,10-11H,4-7,9,12-14H2,1-3H3,(H,26,30). The third-order valence-corrected chi connectivity index (χ3v) is 7.85. The van der Waals surface area contributed by atoms with E-state index in [9.17, 15) is 9.59 Å². The predicted octanol–water partition coefficient (Wildman–Crippen LogP) is 4.78. The Morgan fingerprint density at radius 1 is 1.25 bits per heavy atom. The van der Waals surface area contributed by atoms with Gasteiger partial charge in [-0.1, -0.05) is 31.5 Å². The third kappa shape index (κ3) is 4.47. The van der Waals surface area contributed by atoms with E-state index in [2.05, 4.69) is 24.1 Å². The van der Waals surface area contributed by atoms with Crippen LogP contribution >= 0.6 is 22.9 Å². The van der Waals surface area contributed by atoms with Gasteiger partial charge in [0.25, 0.3) is 5.56 Å². The van der Waals surface area contributed by atoms with Gasteiger partial charge in [-0.05, 0) is 69.0 Å². The second kappa shape index (κ2) is 9.73. The topological polar surface area (TPSA) is 67.2 Å². The van der Waals surface area contributed by atoms with E-state index in [4.69, 9.17) is 16.6 Å². The molecule has 0 saturated heterocycles. The molecule has 1 aromatic carbocycles. The van der Waals surface area contributed by atoms with Crippen molar-refractivity contribution in [3.8, 4) is 0 Å². The van der Waals surface area contributed by atoms with E-state index < -0.39 is 0 Å². The van der Waals surface area contributed by atoms with E-state index in [1.807, 2.05) is 13.0 Å². The molecule has 170 valence electrons. The highest BCUT2D eigenvalue weighted by molar-refractivity contribution is 7.18. The Hall–Kier alpha value is -2.22. The van der Waals surface area contributed by atoms with Crippen molar-refractivity contribution in [1.82, 2.24) is 14.5 Å². The fourth-order valence-corrected chi connectivity index (χ4v) is 5.73. The van der Waals surface area contributed by atoms with Crippen LogP contribution in [0.1, 0.15) is 48.5 Å². The van der Waals surface area contributed by atoms with Crippen molar-refractivity contribution in [3.05, 3.63) is 55.4 Å². The molecule has 0 atom stereocenters. The molecular formula is C24H29ClN4O2S. The SMILES string of the molecule is CCN(CC)Cc1nc2sc3c(c2c(=O)n1CC(=O)Nc1cccc(Cl)c1C)CCCC3. The largest absolute Gasteiger partial charge is 0.324 e. The highest BCUT2D eigenvalue weighted by atomic mass is 35.5. The molecule has 8 heteroatoms. The van der Waals surface area contributed by atoms with Crippen molar-refractivity contribution in [3.63, 3.8) is 0 Å². The Kier molecular flexibility index (Phi) is 6.98. The number of aromatic nitrogens is 2. The molecule has 0 fully saturated rings. The molecule has 1 amide bonds. The number of rotatable bonds is 7. The maximum absolute atomic E-state index is 13.7. The second-order valence-corrected chi connectivity index (χ2v) is 9.72. The van der Waals surface area contributed by atoms with Crippen molar-refractivity contribution in [2.24, 2.45) is 0 Å². The first kappa shape index (κ1) is 23.0. The van der Waals surface area contributed by atoms with Crippen molar-refractivity contribution >= 4 is 44.7 Å². The predicted molar refractivity (Wildman–Crippen MR) is 132 cm³/mol. The number of halogens is 1. The zero-order chi connectivity index (χ0) is 22.8. The van der Waals surface area contributed by atoms with Gasteiger partial charge in [-0.3, -0.25) is 19.1 Å². The lowest BCUT2D eigenvalue weighted by molar-refractivity contribution is -0.116. The maximum Gasteiger partial charge on any atom is 0.263 e. The van der Waals surface area contributed by atoms with Crippen LogP contribution in [0.5, 0.6) is 0 Å². The summed E-state index contributed by atoms with van der Waals surface area (Å²) < 4.78 is 1.57. The van der Waals surface area contributed by atoms with Crippen LogP contribution in [-0.2, 0) is 30.7 Å². The highest BCUT2D eigenvalue weighted by Crippen LogP contribution is 2.34. The van der Waals surface area contributed by atoms with Gasteiger partial charge in [0.1, 0.15) is 17.2 Å². The van der Waals surface area contributed by atoms with Gasteiger partial charge in [0, 0.05) is 15.6 Å². The van der Waals surface area contributed by atoms with Gasteiger partial charge in [0.15, 0.2) is 0 Å². The molecule has 3 aromatic rings. The summed E-state index contributed by atoms with van der Waals surface area (Å²) >= 11 is 7.84. The molecule has 1 N–H and O–H groups in total. The number of fused-ring (bicyclic) bond motifs is 3. The first-order chi connectivity index (χ1) is 15.4. The van der Waals surface area contributed by atoms with Crippen LogP contribution in [-0.4, -0.2) is 33.4 Å². The summed E-state index contributed by atoms with van der Waals surface area (Å²) in [5.74, 6) is 0.381. The molecule has 0 radical (unpaired) electrons. The van der Waals surface area contributed by atoms with Crippen molar-refractivity contribution in [1.29, 1.82) is 0 Å². The first-order valence-electron chi connectivity index (χ1n) is 11.2. The van der Waals surface area contributed by atoms with E-state index in [0.29, 0.717) is 28.5 Å². The van der Waals surface area contributed by atoms with Crippen LogP contribution in [0.15, 0.2) is 23.0 Å². The Morgan fingerprint density at radius 3 is 2.75 bits per heavy atom. The quantitative estimate of drug-likeness (QED) is 0.537. The molecule has 0 unspecified atom stereocenters. The number of nitrogens with one attached hydrogen (secondary N) is 1. The first-order valence-corrected chi connectivity index (χ1v) is 12.4. The maximum atomic E-state index is 13.7. The third-order valence-electron chi connectivity index (χ3n) is 6.26. The molecule has 2 heterocycles. The highest BCUT2D eigenvalue weighted by Gasteiger charge is 2.23. The van der Waals surface area contributed by atoms with Crippen LogP contribution < -0.4 is 10.9 Å². The second-order valence-electron chi connectivity index (χ2n) is 8.23. The van der Waals surface area contributed by atoms with E-state index in [0.717, 1.165) is 54.7 Å². The van der Waals surface area contributed by atoms with Gasteiger partial charge in [-0.15, -0.1) is 11.3 Å². The molecule has 1 aliphatic carbocycles. The molecule has 32 heavy (non-hydrogen) atoms. The van der Waals surface area contributed by atoms with Gasteiger partial charge in [-0.25, -0.2) is 4.98 Å². The Balaban J connectivity index is 1.74. The van der Waals surface area contributed by atoms with Crippen LogP contribution in [0.4, 0.5) is 5.69 Å². The minimum absolute atomic E-state index is 0.0745. The fraction of sp³-hybridized carbons (Fsp3) is 0.458. The normalized spacial score (nSPS) is 13.5. The van der Waals surface area contributed by atoms with Gasteiger partial charge in [0.2, 0.25) is 5.91 Å². The van der Waals surface area contributed by atoms with Crippen molar-refractivity contribution in [2.75, 3.05) is 18.4 Å². The molecule has 1 aliphatic rings. The van der Waals surface area contributed by atoms with Crippen LogP contribution in [0.3, 0.4) is 0 Å². The average Bonchev–Trinajstić information content (AvgIpc) is 3.16. The van der Waals surface area contributed by atoms with Crippen molar-refractivity contribution < 1.29 is 4.79 Å². The van der Waals surface area contributed by atoms with Crippen LogP contribution in [0.25, 0.3) is 10.2 Å². The van der Waals surface area contributed by atoms with Gasteiger partial charge in [0.05, 0.1) is 11.9 Å². The lowest BCUT2D eigenvalue weighted by atomic mass is 9.97. The Bertz CT molecular complexity index is 1210. The Morgan fingerprint density at radius 2 is 2.00 bits per heavy atom. The number of hydrogen-bond donors (Lipinski definition) is 1. The molecule has 0 spiro atoms. The minimum Gasteiger partial charge on any atom is -0.324 e. The van der Waals surface area contributed by atoms with E-state index in [1.165, 1.54) is 4.88 Å². The summed E-state index contributed by atoms with van der Waals surface area (Å²) in [6.45, 7) is 8.19. The Labute approximate surface area is 197 Å². The number of nitrogens with zero attached hydrogens (tertiary/aromatic N) is 3. The molecule has 0 saturated carbocycles. The number of amides is 1. The van der Waals surface area contributed by atoms with Gasteiger partial charge < -0.3 is 5.32 Å². The monoisotopic (exact) mass is 472 g/mol. The number of carbonyl (C=O) groups excluding carboxylic acids is 1. The summed E-state index contributed by atoms with van der Waals surface area (Å²) in [4.78, 5) is 35.8. The summed E-state index contributed by atoms with van der Waals surface area (Å²) in [5.41, 5.74) is 2.50. The number of thiophene rings is 1. The summed E-state index contributed by atoms with van der Waals surface area (Å²) in [5, 5.41) is 4.22. The van der Waals surface area contributed by atoms with Crippen LogP contribution in [0, 0.1) is 6.92 Å². The van der Waals surface area contributed by atoms with Gasteiger partial charge in [-0.2, -0.15) is 0 Å². The van der Waals surface area contributed by atoms with E-state index in [-0.39, 0.29) is 18.0 Å². The molecule has 0 aliphatic heterocycles. The summed E-state index contributed by atoms with van der Waals surface area (Å²) in [6, 6.07) is 5.40. The lowest BCUT2D eigenvalue weighted by Crippen LogP contribution is -2.34. The molecule has 4 rings (SSSR count). The number of aryl methyl sites for hydroxylation is 2. The summed E-state index contributed by atoms with van der Waals surface area (Å²) in [7, 11) is 0. The van der Waals surface area contributed by atoms with Crippen LogP contribution in [0.2, 0.25) is 5.02 Å². The van der Waals surface area contributed by atoms with Crippen molar-refractivity contribution in [2.45, 2.75) is 59.5 Å². The van der Waals surface area contributed by atoms with E-state index >= 15 is 0 Å². The zero-order valence-corrected chi connectivity index (χ0v) is 20.4. The fourth-order valence-electron chi connectivity index (χ4n) is 4.29. The zero-order valence-electron chi connectivity index (χ0n) is 18.8. The molecule has 2 aromatic heterocycles. The average molecular weight is 473 g/mol. The molecule has 0 bridgehead atoms. The number of carbonyl (C=O) groups is 1. The molecular weight excluding hydrogens is 444 g/mol. The summed E-state index contributed by atoms with van der Waals surface area (Å²) in [6.07, 6.45) is 4.17. The lowest BCUT2D eigenvalue weighted by Gasteiger charge is -2.20. The molecule has 6 nitrogen and oxygen atoms in total. The minimum atomic E-state index is -0.261. The smallest absolute Gasteiger partial charge is 0.263 e. The van der Waals surface area contributed by atoms with E-state index in [1.54, 1.807) is 28.0 Å².